The van der Waals surface area contributed by atoms with Crippen molar-refractivity contribution < 1.29 is 4.74 Å². The summed E-state index contributed by atoms with van der Waals surface area (Å²) < 4.78 is 5.36. The molecule has 18 heavy (non-hydrogen) atoms. The summed E-state index contributed by atoms with van der Waals surface area (Å²) in [6, 6.07) is 8.48. The molecule has 1 aliphatic heterocycles. The second kappa shape index (κ2) is 5.10. The highest BCUT2D eigenvalue weighted by atomic mass is 16.5. The Morgan fingerprint density at radius 1 is 1.28 bits per heavy atom. The fourth-order valence-corrected chi connectivity index (χ4v) is 2.54. The molecule has 4 heteroatoms. The molecule has 0 bridgehead atoms. The van der Waals surface area contributed by atoms with Crippen LogP contribution in [0.3, 0.4) is 0 Å². The molecule has 1 aliphatic rings. The maximum Gasteiger partial charge on any atom is 0.0594 e. The summed E-state index contributed by atoms with van der Waals surface area (Å²) in [6.07, 6.45) is 0. The van der Waals surface area contributed by atoms with Crippen molar-refractivity contribution in [2.75, 3.05) is 26.3 Å². The van der Waals surface area contributed by atoms with E-state index in [9.17, 15) is 0 Å². The van der Waals surface area contributed by atoms with Gasteiger partial charge >= 0.3 is 0 Å². The van der Waals surface area contributed by atoms with Crippen molar-refractivity contribution in [2.45, 2.75) is 13.1 Å². The van der Waals surface area contributed by atoms with Gasteiger partial charge in [-0.2, -0.15) is 0 Å². The average molecular weight is 245 g/mol. The Bertz CT molecular complexity index is 529. The number of aromatic nitrogens is 1. The van der Waals surface area contributed by atoms with Gasteiger partial charge in [0, 0.05) is 42.8 Å². The van der Waals surface area contributed by atoms with Crippen molar-refractivity contribution in [3.63, 3.8) is 0 Å². The molecule has 4 nitrogen and oxygen atoms in total. The van der Waals surface area contributed by atoms with E-state index in [1.807, 2.05) is 0 Å². The number of nitrogens with two attached hydrogens (primary N) is 1. The number of nitrogens with one attached hydrogen (secondary N) is 1. The molecule has 1 fully saturated rings. The standard InChI is InChI=1S/C14H19N3O/c15-9-11-2-1-3-14-13(11)8-12(16-14)10-17-4-6-18-7-5-17/h1-3,8,16H,4-7,9-10,15H2. The molecule has 0 spiro atoms. The molecule has 96 valence electrons. The maximum atomic E-state index is 5.77. The van der Waals surface area contributed by atoms with E-state index in [1.165, 1.54) is 22.2 Å². The number of ether oxygens (including phenoxy) is 1. The number of hydrogen-bond acceptors (Lipinski definition) is 3. The minimum Gasteiger partial charge on any atom is -0.379 e. The highest BCUT2D eigenvalue weighted by Crippen LogP contribution is 2.20. The van der Waals surface area contributed by atoms with E-state index >= 15 is 0 Å². The first kappa shape index (κ1) is 11.7. The summed E-state index contributed by atoms with van der Waals surface area (Å²) in [4.78, 5) is 5.89. The van der Waals surface area contributed by atoms with Crippen molar-refractivity contribution in [3.8, 4) is 0 Å². The second-order valence-electron chi connectivity index (χ2n) is 4.77. The predicted octanol–water partition coefficient (Wildman–Crippen LogP) is 1.46. The van der Waals surface area contributed by atoms with Crippen molar-refractivity contribution >= 4 is 10.9 Å². The molecule has 0 atom stereocenters. The van der Waals surface area contributed by atoms with E-state index in [0.717, 1.165) is 32.8 Å². The minimum absolute atomic E-state index is 0.589. The zero-order chi connectivity index (χ0) is 12.4. The van der Waals surface area contributed by atoms with Gasteiger partial charge in [0.2, 0.25) is 0 Å². The van der Waals surface area contributed by atoms with Crippen LogP contribution >= 0.6 is 0 Å². The Morgan fingerprint density at radius 3 is 2.89 bits per heavy atom. The lowest BCUT2D eigenvalue weighted by Gasteiger charge is -2.25. The number of hydrogen-bond donors (Lipinski definition) is 2. The molecule has 3 rings (SSSR count). The van der Waals surface area contributed by atoms with E-state index in [2.05, 4.69) is 34.1 Å². The third-order valence-electron chi connectivity index (χ3n) is 3.53. The van der Waals surface area contributed by atoms with Gasteiger partial charge in [0.15, 0.2) is 0 Å². The minimum atomic E-state index is 0.589. The van der Waals surface area contributed by atoms with Crippen LogP contribution in [0.4, 0.5) is 0 Å². The summed E-state index contributed by atoms with van der Waals surface area (Å²) >= 11 is 0. The van der Waals surface area contributed by atoms with Crippen molar-refractivity contribution in [1.29, 1.82) is 0 Å². The lowest BCUT2D eigenvalue weighted by Crippen LogP contribution is -2.35. The van der Waals surface area contributed by atoms with Crippen molar-refractivity contribution in [2.24, 2.45) is 5.73 Å². The average Bonchev–Trinajstić information content (AvgIpc) is 2.82. The Labute approximate surface area is 107 Å². The van der Waals surface area contributed by atoms with Crippen LogP contribution in [-0.2, 0) is 17.8 Å². The molecule has 3 N–H and O–H groups in total. The highest BCUT2D eigenvalue weighted by molar-refractivity contribution is 5.83. The quantitative estimate of drug-likeness (QED) is 0.860. The van der Waals surface area contributed by atoms with Gasteiger partial charge in [-0.05, 0) is 17.7 Å². The van der Waals surface area contributed by atoms with Gasteiger partial charge in [-0.3, -0.25) is 4.90 Å². The third-order valence-corrected chi connectivity index (χ3v) is 3.53. The van der Waals surface area contributed by atoms with Crippen molar-refractivity contribution in [3.05, 3.63) is 35.5 Å². The smallest absolute Gasteiger partial charge is 0.0594 e. The number of benzene rings is 1. The zero-order valence-electron chi connectivity index (χ0n) is 10.5. The molecule has 1 aromatic heterocycles. The Hall–Kier alpha value is -1.36. The Balaban J connectivity index is 1.84. The largest absolute Gasteiger partial charge is 0.379 e. The van der Waals surface area contributed by atoms with Crippen LogP contribution < -0.4 is 5.73 Å². The van der Waals surface area contributed by atoms with Crippen LogP contribution in [-0.4, -0.2) is 36.2 Å². The summed E-state index contributed by atoms with van der Waals surface area (Å²) in [5.74, 6) is 0. The number of H-pyrrole nitrogens is 1. The van der Waals surface area contributed by atoms with Crippen LogP contribution in [0.5, 0.6) is 0 Å². The number of fused-ring (bicyclic) bond motifs is 1. The van der Waals surface area contributed by atoms with Gasteiger partial charge < -0.3 is 15.5 Å². The third kappa shape index (κ3) is 2.27. The summed E-state index contributed by atoms with van der Waals surface area (Å²) in [5.41, 5.74) is 9.41. The van der Waals surface area contributed by atoms with Gasteiger partial charge in [-0.25, -0.2) is 0 Å². The van der Waals surface area contributed by atoms with E-state index in [4.69, 9.17) is 10.5 Å². The molecule has 0 amide bonds. The van der Waals surface area contributed by atoms with E-state index in [0.29, 0.717) is 6.54 Å². The Kier molecular flexibility index (Phi) is 3.32. The van der Waals surface area contributed by atoms with Gasteiger partial charge in [-0.15, -0.1) is 0 Å². The number of aromatic amines is 1. The first-order valence-electron chi connectivity index (χ1n) is 6.46. The highest BCUT2D eigenvalue weighted by Gasteiger charge is 2.12. The van der Waals surface area contributed by atoms with Gasteiger partial charge in [0.25, 0.3) is 0 Å². The molecule has 1 saturated heterocycles. The first-order chi connectivity index (χ1) is 8.86. The van der Waals surface area contributed by atoms with E-state index in [-0.39, 0.29) is 0 Å². The van der Waals surface area contributed by atoms with Crippen LogP contribution in [0.25, 0.3) is 10.9 Å². The lowest BCUT2D eigenvalue weighted by atomic mass is 10.1. The molecule has 2 aromatic rings. The predicted molar refractivity (Wildman–Crippen MR) is 72.3 cm³/mol. The molecule has 0 radical (unpaired) electrons. The lowest BCUT2D eigenvalue weighted by molar-refractivity contribution is 0.0337. The molecule has 1 aromatic carbocycles. The van der Waals surface area contributed by atoms with Crippen LogP contribution in [0, 0.1) is 0 Å². The molecule has 2 heterocycles. The van der Waals surface area contributed by atoms with E-state index < -0.39 is 0 Å². The molecule has 0 saturated carbocycles. The number of morpholine rings is 1. The SMILES string of the molecule is NCc1cccc2[nH]c(CN3CCOCC3)cc12. The van der Waals surface area contributed by atoms with Crippen LogP contribution in [0.1, 0.15) is 11.3 Å². The fraction of sp³-hybridized carbons (Fsp3) is 0.429. The second-order valence-corrected chi connectivity index (χ2v) is 4.77. The number of rotatable bonds is 3. The molecule has 0 unspecified atom stereocenters. The van der Waals surface area contributed by atoms with Crippen LogP contribution in [0.15, 0.2) is 24.3 Å². The fourth-order valence-electron chi connectivity index (χ4n) is 2.54. The zero-order valence-corrected chi connectivity index (χ0v) is 10.5. The molecular weight excluding hydrogens is 226 g/mol. The number of nitrogens with zero attached hydrogens (tertiary/aromatic N) is 1. The van der Waals surface area contributed by atoms with Gasteiger partial charge in [-0.1, -0.05) is 12.1 Å². The van der Waals surface area contributed by atoms with Gasteiger partial charge in [0.05, 0.1) is 13.2 Å². The van der Waals surface area contributed by atoms with Crippen molar-refractivity contribution in [1.82, 2.24) is 9.88 Å². The normalized spacial score (nSPS) is 17.4. The summed E-state index contributed by atoms with van der Waals surface area (Å²) in [7, 11) is 0. The Morgan fingerprint density at radius 2 is 2.11 bits per heavy atom. The monoisotopic (exact) mass is 245 g/mol. The maximum absolute atomic E-state index is 5.77. The first-order valence-corrected chi connectivity index (χ1v) is 6.46. The topological polar surface area (TPSA) is 54.3 Å². The molecular formula is C14H19N3O. The summed E-state index contributed by atoms with van der Waals surface area (Å²) in [6.45, 7) is 5.26. The summed E-state index contributed by atoms with van der Waals surface area (Å²) in [5, 5.41) is 1.25. The van der Waals surface area contributed by atoms with E-state index in [1.54, 1.807) is 0 Å². The molecule has 0 aliphatic carbocycles. The van der Waals surface area contributed by atoms with Gasteiger partial charge in [0.1, 0.15) is 0 Å². The van der Waals surface area contributed by atoms with Crippen LogP contribution in [0.2, 0.25) is 0 Å².